The van der Waals surface area contributed by atoms with E-state index in [-0.39, 0.29) is 5.56 Å². The molecule has 2 fully saturated rings. The zero-order chi connectivity index (χ0) is 18.6. The molecule has 1 aromatic carbocycles. The van der Waals surface area contributed by atoms with Gasteiger partial charge >= 0.3 is 0 Å². The van der Waals surface area contributed by atoms with Crippen LogP contribution in [0.5, 0.6) is 5.75 Å². The molecular weight excluding hydrogens is 338 g/mol. The highest BCUT2D eigenvalue weighted by Gasteiger charge is 2.26. The number of rotatable bonds is 6. The summed E-state index contributed by atoms with van der Waals surface area (Å²) in [6.07, 6.45) is 6.61. The summed E-state index contributed by atoms with van der Waals surface area (Å²) in [5.41, 5.74) is 4.05. The van der Waals surface area contributed by atoms with Crippen molar-refractivity contribution in [2.24, 2.45) is 5.92 Å². The summed E-state index contributed by atoms with van der Waals surface area (Å²) in [5.74, 6) is 1.78. The minimum atomic E-state index is 0.0545. The number of ether oxygens (including phenoxy) is 2. The topological polar surface area (TPSA) is 51.3 Å². The van der Waals surface area contributed by atoms with Crippen LogP contribution in [0.2, 0.25) is 0 Å². The molecule has 1 saturated heterocycles. The van der Waals surface area contributed by atoms with E-state index in [2.05, 4.69) is 29.3 Å². The fraction of sp³-hybridized carbons (Fsp3) is 0.435. The van der Waals surface area contributed by atoms with Crippen LogP contribution in [0.15, 0.2) is 47.3 Å². The molecule has 0 bridgehead atoms. The van der Waals surface area contributed by atoms with E-state index in [9.17, 15) is 4.79 Å². The molecule has 1 aromatic heterocycles. The number of allylic oxidation sites excluding steroid dienone is 1. The lowest BCUT2D eigenvalue weighted by molar-refractivity contribution is 0.0786. The third-order valence-electron chi connectivity index (χ3n) is 5.39. The van der Waals surface area contributed by atoms with Crippen LogP contribution >= 0.6 is 0 Å². The Bertz CT molecular complexity index is 856. The van der Waals surface area contributed by atoms with Gasteiger partial charge in [-0.25, -0.2) is 0 Å². The van der Waals surface area contributed by atoms with E-state index >= 15 is 0 Å². The van der Waals surface area contributed by atoms with Crippen LogP contribution in [0.1, 0.15) is 55.3 Å². The lowest BCUT2D eigenvalue weighted by atomic mass is 9.92. The maximum Gasteiger partial charge on any atom is 0.251 e. The second-order valence-corrected chi connectivity index (χ2v) is 7.42. The molecule has 1 N–H and O–H groups in total. The Kier molecular flexibility index (Phi) is 5.44. The molecular formula is C23H27NO3. The van der Waals surface area contributed by atoms with Gasteiger partial charge in [-0.1, -0.05) is 24.3 Å². The van der Waals surface area contributed by atoms with E-state index in [1.54, 1.807) is 0 Å². The second kappa shape index (κ2) is 8.13. The highest BCUT2D eigenvalue weighted by molar-refractivity contribution is 5.78. The molecule has 27 heavy (non-hydrogen) atoms. The second-order valence-electron chi connectivity index (χ2n) is 7.42. The van der Waals surface area contributed by atoms with Gasteiger partial charge in [0.2, 0.25) is 0 Å². The number of hydrogen-bond donors (Lipinski definition) is 1. The largest absolute Gasteiger partial charge is 0.494 e. The van der Waals surface area contributed by atoms with Gasteiger partial charge in [0.15, 0.2) is 0 Å². The number of hydrogen-bond acceptors (Lipinski definition) is 3. The van der Waals surface area contributed by atoms with E-state index in [0.29, 0.717) is 18.4 Å². The van der Waals surface area contributed by atoms with Crippen LogP contribution in [0.25, 0.3) is 5.57 Å². The van der Waals surface area contributed by atoms with Crippen molar-refractivity contribution in [3.8, 4) is 5.75 Å². The van der Waals surface area contributed by atoms with Gasteiger partial charge in [-0.3, -0.25) is 4.79 Å². The number of nitrogens with one attached hydrogen (secondary N) is 1. The Morgan fingerprint density at radius 1 is 1.11 bits per heavy atom. The number of aromatic nitrogens is 1. The molecule has 4 nitrogen and oxygen atoms in total. The lowest BCUT2D eigenvalue weighted by Crippen LogP contribution is -2.16. The Morgan fingerprint density at radius 2 is 1.85 bits per heavy atom. The van der Waals surface area contributed by atoms with Gasteiger partial charge in [-0.2, -0.15) is 0 Å². The number of aromatic amines is 1. The van der Waals surface area contributed by atoms with Crippen LogP contribution in [-0.2, 0) is 4.74 Å². The molecule has 0 amide bonds. The van der Waals surface area contributed by atoms with Crippen LogP contribution < -0.4 is 10.3 Å². The van der Waals surface area contributed by atoms with Crippen molar-refractivity contribution >= 4 is 5.57 Å². The van der Waals surface area contributed by atoms with Crippen LogP contribution in [0, 0.1) is 5.92 Å². The summed E-state index contributed by atoms with van der Waals surface area (Å²) >= 11 is 0. The fourth-order valence-corrected chi connectivity index (χ4v) is 3.71. The third kappa shape index (κ3) is 4.33. The van der Waals surface area contributed by atoms with Crippen molar-refractivity contribution in [3.05, 3.63) is 69.6 Å². The van der Waals surface area contributed by atoms with Crippen molar-refractivity contribution in [3.63, 3.8) is 0 Å². The molecule has 0 radical (unpaired) electrons. The monoisotopic (exact) mass is 365 g/mol. The van der Waals surface area contributed by atoms with Crippen molar-refractivity contribution in [2.75, 3.05) is 19.8 Å². The van der Waals surface area contributed by atoms with Gasteiger partial charge in [-0.15, -0.1) is 0 Å². The molecule has 0 unspecified atom stereocenters. The smallest absolute Gasteiger partial charge is 0.251 e. The normalized spacial score (nSPS) is 18.5. The maximum atomic E-state index is 12.6. The summed E-state index contributed by atoms with van der Waals surface area (Å²) in [6.45, 7) is 4.24. The van der Waals surface area contributed by atoms with Crippen LogP contribution in [0.4, 0.5) is 0 Å². The van der Waals surface area contributed by atoms with Gasteiger partial charge in [0, 0.05) is 30.0 Å². The Balaban J connectivity index is 1.70. The molecule has 4 heteroatoms. The van der Waals surface area contributed by atoms with Gasteiger partial charge in [0.1, 0.15) is 5.75 Å². The number of H-pyrrole nitrogens is 1. The average Bonchev–Trinajstić information content (AvgIpc) is 3.53. The maximum absolute atomic E-state index is 12.6. The quantitative estimate of drug-likeness (QED) is 0.819. The van der Waals surface area contributed by atoms with Crippen molar-refractivity contribution in [2.45, 2.75) is 38.5 Å². The van der Waals surface area contributed by atoms with Crippen LogP contribution in [0.3, 0.4) is 0 Å². The fourth-order valence-electron chi connectivity index (χ4n) is 3.71. The van der Waals surface area contributed by atoms with E-state index in [4.69, 9.17) is 9.47 Å². The molecule has 0 atom stereocenters. The van der Waals surface area contributed by atoms with Gasteiger partial charge in [-0.05, 0) is 68.2 Å². The van der Waals surface area contributed by atoms with Crippen molar-refractivity contribution in [1.82, 2.24) is 4.98 Å². The van der Waals surface area contributed by atoms with Gasteiger partial charge in [0.25, 0.3) is 5.56 Å². The molecule has 0 spiro atoms. The molecule has 1 aliphatic carbocycles. The van der Waals surface area contributed by atoms with Gasteiger partial charge in [0.05, 0.1) is 6.61 Å². The minimum Gasteiger partial charge on any atom is -0.494 e. The predicted octanol–water partition coefficient (Wildman–Crippen LogP) is 4.51. The zero-order valence-electron chi connectivity index (χ0n) is 15.9. The van der Waals surface area contributed by atoms with Crippen LogP contribution in [-0.4, -0.2) is 24.8 Å². The lowest BCUT2D eigenvalue weighted by Gasteiger charge is -2.21. The van der Waals surface area contributed by atoms with E-state index in [1.807, 2.05) is 25.1 Å². The summed E-state index contributed by atoms with van der Waals surface area (Å²) in [5, 5.41) is 0. The molecule has 4 rings (SSSR count). The summed E-state index contributed by atoms with van der Waals surface area (Å²) in [4.78, 5) is 15.7. The Morgan fingerprint density at radius 3 is 2.48 bits per heavy atom. The average molecular weight is 365 g/mol. The molecule has 1 saturated carbocycles. The third-order valence-corrected chi connectivity index (χ3v) is 5.39. The first-order chi connectivity index (χ1) is 13.2. The highest BCUT2D eigenvalue weighted by atomic mass is 16.5. The summed E-state index contributed by atoms with van der Waals surface area (Å²) < 4.78 is 11.1. The number of benzene rings is 1. The SMILES string of the molecule is CCOc1ccc(/C(=C\C2CCOCC2)c2ccc(C3CC3)c(=O)[nH]2)cc1. The standard InChI is InChI=1S/C23H27NO3/c1-2-27-19-7-5-18(6-8-19)21(15-16-11-13-26-14-12-16)22-10-9-20(17-3-4-17)23(25)24-22/h5-10,15-17H,2-4,11-14H2,1H3,(H,24,25)/b21-15+. The molecule has 2 aromatic rings. The number of pyridine rings is 1. The first-order valence-corrected chi connectivity index (χ1v) is 10.0. The summed E-state index contributed by atoms with van der Waals surface area (Å²) in [7, 11) is 0. The van der Waals surface area contributed by atoms with Crippen molar-refractivity contribution < 1.29 is 9.47 Å². The predicted molar refractivity (Wildman–Crippen MR) is 107 cm³/mol. The minimum absolute atomic E-state index is 0.0545. The molecule has 2 aliphatic rings. The molecule has 1 aliphatic heterocycles. The first kappa shape index (κ1) is 18.1. The van der Waals surface area contributed by atoms with Crippen molar-refractivity contribution in [1.29, 1.82) is 0 Å². The van der Waals surface area contributed by atoms with E-state index in [0.717, 1.165) is 67.0 Å². The zero-order valence-corrected chi connectivity index (χ0v) is 15.9. The Hall–Kier alpha value is -2.33. The van der Waals surface area contributed by atoms with E-state index < -0.39 is 0 Å². The van der Waals surface area contributed by atoms with E-state index in [1.165, 1.54) is 0 Å². The summed E-state index contributed by atoms with van der Waals surface area (Å²) in [6, 6.07) is 12.2. The molecule has 142 valence electrons. The van der Waals surface area contributed by atoms with Gasteiger partial charge < -0.3 is 14.5 Å². The highest BCUT2D eigenvalue weighted by Crippen LogP contribution is 2.38. The Labute approximate surface area is 160 Å². The first-order valence-electron chi connectivity index (χ1n) is 10.0. The molecule has 2 heterocycles.